The monoisotopic (exact) mass is 482 g/mol. The summed E-state index contributed by atoms with van der Waals surface area (Å²) in [4.78, 5) is 12.0. The minimum Gasteiger partial charge on any atom is -0.368 e. The van der Waals surface area contributed by atoms with Crippen LogP contribution in [-0.4, -0.2) is 14.3 Å². The van der Waals surface area contributed by atoms with Crippen LogP contribution < -0.4 is 11.1 Å². The lowest BCUT2D eigenvalue weighted by molar-refractivity contribution is -0.137. The van der Waals surface area contributed by atoms with Crippen LogP contribution in [0.1, 0.15) is 28.1 Å². The van der Waals surface area contributed by atoms with Gasteiger partial charge in [0.05, 0.1) is 10.5 Å². The molecular weight excluding hydrogens is 465 g/mol. The molecule has 1 amide bonds. The number of hydrogen-bond donors (Lipinski definition) is 2. The van der Waals surface area contributed by atoms with Crippen molar-refractivity contribution in [1.82, 2.24) is 5.32 Å². The zero-order chi connectivity index (χ0) is 23.5. The molecule has 3 N–H and O–H groups in total. The van der Waals surface area contributed by atoms with Crippen LogP contribution in [-0.2, 0) is 20.8 Å². The average molecular weight is 483 g/mol. The third-order valence-electron chi connectivity index (χ3n) is 4.73. The molecule has 5 nitrogen and oxygen atoms in total. The van der Waals surface area contributed by atoms with Crippen LogP contribution in [0.2, 0.25) is 5.02 Å². The van der Waals surface area contributed by atoms with Crippen LogP contribution in [0.25, 0.3) is 0 Å². The number of halogens is 4. The summed E-state index contributed by atoms with van der Waals surface area (Å²) < 4.78 is 65.8. The number of rotatable bonds is 7. The molecule has 3 aromatic carbocycles. The summed E-state index contributed by atoms with van der Waals surface area (Å²) in [5.41, 5.74) is 5.00. The maximum absolute atomic E-state index is 13.4. The molecule has 0 radical (unpaired) electrons. The van der Waals surface area contributed by atoms with Gasteiger partial charge in [0, 0.05) is 5.02 Å². The van der Waals surface area contributed by atoms with Gasteiger partial charge in [0.2, 0.25) is 5.91 Å². The zero-order valence-electron chi connectivity index (χ0n) is 16.4. The molecule has 3 aromatic rings. The van der Waals surface area contributed by atoms with Crippen molar-refractivity contribution >= 4 is 27.3 Å². The number of carbonyl (C=O) groups excluding carboxylic acids is 1. The van der Waals surface area contributed by atoms with Crippen molar-refractivity contribution in [1.29, 1.82) is 0 Å². The molecule has 0 aliphatic carbocycles. The minimum atomic E-state index is -4.59. The van der Waals surface area contributed by atoms with Gasteiger partial charge in [0.15, 0.2) is 9.84 Å². The lowest BCUT2D eigenvalue weighted by Crippen LogP contribution is -2.39. The van der Waals surface area contributed by atoms with Crippen molar-refractivity contribution < 1.29 is 26.4 Å². The number of benzene rings is 3. The van der Waals surface area contributed by atoms with E-state index in [1.807, 2.05) is 0 Å². The predicted molar refractivity (Wildman–Crippen MR) is 114 cm³/mol. The van der Waals surface area contributed by atoms with E-state index in [1.165, 1.54) is 24.3 Å². The van der Waals surface area contributed by atoms with E-state index < -0.39 is 38.9 Å². The Balaban J connectivity index is 2.10. The van der Waals surface area contributed by atoms with Crippen molar-refractivity contribution in [2.24, 2.45) is 5.73 Å². The molecule has 0 heterocycles. The highest BCUT2D eigenvalue weighted by atomic mass is 35.5. The molecule has 32 heavy (non-hydrogen) atoms. The van der Waals surface area contributed by atoms with Crippen molar-refractivity contribution in [3.05, 3.63) is 101 Å². The Labute approximate surface area is 187 Å². The molecule has 0 aliphatic rings. The minimum absolute atomic E-state index is 0.00938. The second-order valence-corrected chi connectivity index (χ2v) is 9.38. The fourth-order valence-corrected chi connectivity index (χ4v) is 4.86. The fourth-order valence-electron chi connectivity index (χ4n) is 3.11. The van der Waals surface area contributed by atoms with Crippen LogP contribution in [0.15, 0.2) is 83.8 Å². The Morgan fingerprint density at radius 3 is 1.94 bits per heavy atom. The first-order valence-corrected chi connectivity index (χ1v) is 11.2. The summed E-state index contributed by atoms with van der Waals surface area (Å²) in [6.45, 7) is 0. The Morgan fingerprint density at radius 1 is 0.875 bits per heavy atom. The Kier molecular flexibility index (Phi) is 6.92. The molecule has 0 spiro atoms. The van der Waals surface area contributed by atoms with Crippen LogP contribution in [0.4, 0.5) is 13.2 Å². The average Bonchev–Trinajstić information content (AvgIpc) is 2.74. The van der Waals surface area contributed by atoms with Crippen molar-refractivity contribution in [2.75, 3.05) is 0 Å². The van der Waals surface area contributed by atoms with E-state index in [-0.39, 0.29) is 10.5 Å². The summed E-state index contributed by atoms with van der Waals surface area (Å²) >= 11 is 5.85. The summed E-state index contributed by atoms with van der Waals surface area (Å²) in [6.07, 6.45) is -4.59. The molecule has 0 aromatic heterocycles. The molecule has 0 saturated heterocycles. The third kappa shape index (κ3) is 5.29. The van der Waals surface area contributed by atoms with Crippen LogP contribution in [0.5, 0.6) is 0 Å². The number of alkyl halides is 3. The number of amides is 1. The Bertz CT molecular complexity index is 1180. The highest BCUT2D eigenvalue weighted by Gasteiger charge is 2.35. The molecule has 0 fully saturated rings. The predicted octanol–water partition coefficient (Wildman–Crippen LogP) is 4.65. The van der Waals surface area contributed by atoms with E-state index in [9.17, 15) is 26.4 Å². The van der Waals surface area contributed by atoms with E-state index in [1.54, 1.807) is 30.3 Å². The summed E-state index contributed by atoms with van der Waals surface area (Å²) in [5.74, 6) is -0.848. The number of nitrogens with two attached hydrogens (primary N) is 1. The zero-order valence-corrected chi connectivity index (χ0v) is 18.0. The van der Waals surface area contributed by atoms with Crippen molar-refractivity contribution in [3.8, 4) is 0 Å². The SMILES string of the molecule is NC(=O)C(N[C@@H](c1ccc(C(F)(F)F)cc1)S(=O)(=O)c1ccc(Cl)cc1)c1ccccc1. The van der Waals surface area contributed by atoms with Crippen LogP contribution in [0.3, 0.4) is 0 Å². The molecule has 3 rings (SSSR count). The number of nitrogens with one attached hydrogen (secondary N) is 1. The first kappa shape index (κ1) is 23.8. The second kappa shape index (κ2) is 9.32. The highest BCUT2D eigenvalue weighted by molar-refractivity contribution is 7.91. The maximum atomic E-state index is 13.4. The number of sulfone groups is 1. The standard InChI is InChI=1S/C22H18ClF3N2O3S/c23-17-10-12-18(13-11-17)32(30,31)21(15-6-8-16(9-7-15)22(24,25)26)28-19(20(27)29)14-4-2-1-3-5-14/h1-13,19,21,28H,(H2,27,29)/t19?,21-/m1/s1. The molecular formula is C22H18ClF3N2O3S. The van der Waals surface area contributed by atoms with Gasteiger partial charge in [-0.15, -0.1) is 0 Å². The van der Waals surface area contributed by atoms with E-state index in [2.05, 4.69) is 5.32 Å². The quantitative estimate of drug-likeness (QED) is 0.513. The van der Waals surface area contributed by atoms with Crippen molar-refractivity contribution in [2.45, 2.75) is 22.5 Å². The van der Waals surface area contributed by atoms with Gasteiger partial charge in [-0.05, 0) is 47.5 Å². The van der Waals surface area contributed by atoms with Gasteiger partial charge in [0.1, 0.15) is 11.4 Å². The van der Waals surface area contributed by atoms with Crippen LogP contribution >= 0.6 is 11.6 Å². The lowest BCUT2D eigenvalue weighted by atomic mass is 10.1. The molecule has 0 saturated carbocycles. The molecule has 0 bridgehead atoms. The smallest absolute Gasteiger partial charge is 0.368 e. The Morgan fingerprint density at radius 2 is 1.44 bits per heavy atom. The van der Waals surface area contributed by atoms with Gasteiger partial charge in [-0.25, -0.2) is 8.42 Å². The van der Waals surface area contributed by atoms with Crippen LogP contribution in [0, 0.1) is 0 Å². The van der Waals surface area contributed by atoms with E-state index >= 15 is 0 Å². The molecule has 10 heteroatoms. The number of primary amides is 1. The third-order valence-corrected chi connectivity index (χ3v) is 6.94. The first-order chi connectivity index (χ1) is 15.0. The van der Waals surface area contributed by atoms with Gasteiger partial charge >= 0.3 is 6.18 Å². The molecule has 0 aliphatic heterocycles. The summed E-state index contributed by atoms with van der Waals surface area (Å²) in [5, 5.41) is 1.46. The molecule has 2 atom stereocenters. The van der Waals surface area contributed by atoms with Gasteiger partial charge in [-0.1, -0.05) is 54.1 Å². The summed E-state index contributed by atoms with van der Waals surface area (Å²) in [7, 11) is -4.21. The number of carbonyl (C=O) groups is 1. The second-order valence-electron chi connectivity index (χ2n) is 6.91. The van der Waals surface area contributed by atoms with Gasteiger partial charge < -0.3 is 5.73 Å². The first-order valence-electron chi connectivity index (χ1n) is 9.27. The normalized spacial score (nSPS) is 14.0. The van der Waals surface area contributed by atoms with Gasteiger partial charge in [0.25, 0.3) is 0 Å². The van der Waals surface area contributed by atoms with E-state index in [4.69, 9.17) is 17.3 Å². The number of hydrogen-bond acceptors (Lipinski definition) is 4. The van der Waals surface area contributed by atoms with E-state index in [0.717, 1.165) is 24.3 Å². The maximum Gasteiger partial charge on any atom is 0.416 e. The lowest BCUT2D eigenvalue weighted by Gasteiger charge is -2.25. The largest absolute Gasteiger partial charge is 0.416 e. The Hall–Kier alpha value is -2.88. The van der Waals surface area contributed by atoms with Crippen molar-refractivity contribution in [3.63, 3.8) is 0 Å². The fraction of sp³-hybridized carbons (Fsp3) is 0.136. The topological polar surface area (TPSA) is 89.3 Å². The summed E-state index contributed by atoms with van der Waals surface area (Å²) in [6, 6.07) is 15.9. The molecule has 1 unspecified atom stereocenters. The highest BCUT2D eigenvalue weighted by Crippen LogP contribution is 2.34. The molecule has 168 valence electrons. The van der Waals surface area contributed by atoms with Gasteiger partial charge in [-0.3, -0.25) is 10.1 Å². The van der Waals surface area contributed by atoms with E-state index in [0.29, 0.717) is 10.6 Å². The van der Waals surface area contributed by atoms with Gasteiger partial charge in [-0.2, -0.15) is 13.2 Å².